The van der Waals surface area contributed by atoms with Gasteiger partial charge in [0, 0.05) is 6.07 Å². The Labute approximate surface area is 75.6 Å². The van der Waals surface area contributed by atoms with Crippen molar-refractivity contribution < 1.29 is 13.7 Å². The average molecular weight is 200 g/mol. The second-order valence-corrected chi connectivity index (χ2v) is 4.29. The van der Waals surface area contributed by atoms with E-state index in [4.69, 9.17) is 19.4 Å². The number of nitrogens with one attached hydrogen (secondary N) is 1. The summed E-state index contributed by atoms with van der Waals surface area (Å²) in [5, 5.41) is 5.15. The highest BCUT2D eigenvalue weighted by Gasteiger charge is 2.15. The summed E-state index contributed by atoms with van der Waals surface area (Å²) in [5.41, 5.74) is 0. The van der Waals surface area contributed by atoms with Crippen molar-refractivity contribution in [2.75, 3.05) is 6.79 Å². The maximum Gasteiger partial charge on any atom is 0.231 e. The van der Waals surface area contributed by atoms with Crippen molar-refractivity contribution in [1.82, 2.24) is 0 Å². The molecule has 1 aromatic rings. The van der Waals surface area contributed by atoms with Crippen LogP contribution in [0.3, 0.4) is 0 Å². The third-order valence-electron chi connectivity index (χ3n) is 1.69. The number of nitrogens with two attached hydrogens (primary N) is 1. The molecular weight excluding hydrogens is 192 g/mol. The average Bonchev–Trinajstić information content (AvgIpc) is 2.47. The van der Waals surface area contributed by atoms with Gasteiger partial charge in [0.1, 0.15) is 9.92 Å². The minimum Gasteiger partial charge on any atom is -0.454 e. The zero-order valence-corrected chi connectivity index (χ0v) is 7.47. The highest BCUT2D eigenvalue weighted by Crippen LogP contribution is 2.33. The Kier molecular flexibility index (Phi) is 1.67. The summed E-state index contributed by atoms with van der Waals surface area (Å²) in [5.74, 6) is 1.08. The molecule has 1 aliphatic rings. The Morgan fingerprint density at radius 3 is 2.77 bits per heavy atom. The molecule has 0 spiro atoms. The zero-order valence-electron chi connectivity index (χ0n) is 6.65. The van der Waals surface area contributed by atoms with Crippen LogP contribution < -0.4 is 14.6 Å². The van der Waals surface area contributed by atoms with Gasteiger partial charge in [-0.3, -0.25) is 0 Å². The van der Waals surface area contributed by atoms with Crippen LogP contribution in [0, 0.1) is 4.78 Å². The minimum atomic E-state index is -3.16. The van der Waals surface area contributed by atoms with E-state index in [0.717, 1.165) is 0 Å². The molecule has 1 aromatic carbocycles. The number of fused-ring (bicyclic) bond motifs is 1. The molecule has 1 unspecified atom stereocenters. The number of hydrogen-bond acceptors (Lipinski definition) is 4. The SMILES string of the molecule is N=S(N)(=O)c1ccc2c(c1)OCO2. The standard InChI is InChI=1S/C7H8N2O3S/c8-13(9,10)5-1-2-6-7(3-5)12-4-11-6/h1-3H,4H2,(H3,8,9,10). The molecule has 1 aliphatic heterocycles. The lowest BCUT2D eigenvalue weighted by atomic mass is 10.3. The lowest BCUT2D eigenvalue weighted by Crippen LogP contribution is -2.09. The minimum absolute atomic E-state index is 0.155. The molecule has 13 heavy (non-hydrogen) atoms. The Morgan fingerprint density at radius 1 is 1.38 bits per heavy atom. The van der Waals surface area contributed by atoms with Gasteiger partial charge in [-0.25, -0.2) is 14.1 Å². The van der Waals surface area contributed by atoms with E-state index in [1.165, 1.54) is 12.1 Å². The van der Waals surface area contributed by atoms with Gasteiger partial charge in [0.2, 0.25) is 6.79 Å². The van der Waals surface area contributed by atoms with Crippen molar-refractivity contribution in [2.45, 2.75) is 4.90 Å². The summed E-state index contributed by atoms with van der Waals surface area (Å²) in [6.45, 7) is 0.155. The molecule has 3 N–H and O–H groups in total. The van der Waals surface area contributed by atoms with Gasteiger partial charge in [-0.1, -0.05) is 0 Å². The van der Waals surface area contributed by atoms with Crippen LogP contribution in [0.5, 0.6) is 11.5 Å². The molecule has 2 rings (SSSR count). The fourth-order valence-corrected chi connectivity index (χ4v) is 1.62. The van der Waals surface area contributed by atoms with E-state index < -0.39 is 9.92 Å². The van der Waals surface area contributed by atoms with Crippen molar-refractivity contribution in [2.24, 2.45) is 5.14 Å². The molecule has 0 saturated carbocycles. The van der Waals surface area contributed by atoms with Gasteiger partial charge < -0.3 is 9.47 Å². The Morgan fingerprint density at radius 2 is 2.08 bits per heavy atom. The third-order valence-corrected chi connectivity index (χ3v) is 2.65. The zero-order chi connectivity index (χ0) is 9.47. The summed E-state index contributed by atoms with van der Waals surface area (Å²) in [4.78, 5) is 0.247. The normalized spacial score (nSPS) is 18.2. The van der Waals surface area contributed by atoms with Crippen molar-refractivity contribution in [3.63, 3.8) is 0 Å². The number of hydrogen-bond donors (Lipinski definition) is 2. The molecule has 5 nitrogen and oxygen atoms in total. The Balaban J connectivity index is 2.54. The van der Waals surface area contributed by atoms with Crippen LogP contribution >= 0.6 is 0 Å². The molecule has 0 bridgehead atoms. The topological polar surface area (TPSA) is 85.4 Å². The fourth-order valence-electron chi connectivity index (χ4n) is 1.07. The maximum absolute atomic E-state index is 11.1. The first kappa shape index (κ1) is 8.33. The number of benzene rings is 1. The van der Waals surface area contributed by atoms with E-state index in [1.807, 2.05) is 0 Å². The number of rotatable bonds is 1. The van der Waals surface area contributed by atoms with E-state index in [9.17, 15) is 4.21 Å². The highest BCUT2D eigenvalue weighted by atomic mass is 32.2. The smallest absolute Gasteiger partial charge is 0.231 e. The van der Waals surface area contributed by atoms with Crippen LogP contribution in [0.15, 0.2) is 23.1 Å². The first-order valence-electron chi connectivity index (χ1n) is 3.53. The molecule has 0 radical (unpaired) electrons. The Bertz CT molecular complexity index is 441. The first-order valence-corrected chi connectivity index (χ1v) is 5.16. The molecule has 1 atom stereocenters. The second-order valence-electron chi connectivity index (χ2n) is 2.62. The van der Waals surface area contributed by atoms with Crippen LogP contribution in [-0.4, -0.2) is 11.0 Å². The fraction of sp³-hybridized carbons (Fsp3) is 0.143. The van der Waals surface area contributed by atoms with Gasteiger partial charge in [-0.15, -0.1) is 0 Å². The van der Waals surface area contributed by atoms with E-state index in [2.05, 4.69) is 0 Å². The summed E-state index contributed by atoms with van der Waals surface area (Å²) < 4.78 is 28.4. The van der Waals surface area contributed by atoms with Crippen LogP contribution in [0.4, 0.5) is 0 Å². The molecule has 1 heterocycles. The summed E-state index contributed by atoms with van der Waals surface area (Å²) >= 11 is 0. The van der Waals surface area contributed by atoms with E-state index in [-0.39, 0.29) is 11.7 Å². The van der Waals surface area contributed by atoms with Crippen LogP contribution in [-0.2, 0) is 9.92 Å². The predicted molar refractivity (Wildman–Crippen MR) is 45.9 cm³/mol. The van der Waals surface area contributed by atoms with Crippen molar-refractivity contribution in [1.29, 1.82) is 4.78 Å². The second kappa shape index (κ2) is 2.61. The molecular formula is C7H8N2O3S. The first-order chi connectivity index (χ1) is 6.07. The summed E-state index contributed by atoms with van der Waals surface area (Å²) in [6.07, 6.45) is 0. The van der Waals surface area contributed by atoms with Gasteiger partial charge in [-0.2, -0.15) is 0 Å². The third kappa shape index (κ3) is 1.45. The molecule has 70 valence electrons. The molecule has 0 amide bonds. The van der Waals surface area contributed by atoms with Gasteiger partial charge in [0.15, 0.2) is 11.5 Å². The lowest BCUT2D eigenvalue weighted by Gasteiger charge is -2.01. The van der Waals surface area contributed by atoms with Crippen molar-refractivity contribution >= 4 is 9.92 Å². The molecule has 0 aromatic heterocycles. The van der Waals surface area contributed by atoms with Gasteiger partial charge >= 0.3 is 0 Å². The van der Waals surface area contributed by atoms with Crippen LogP contribution in [0.2, 0.25) is 0 Å². The molecule has 6 heteroatoms. The summed E-state index contributed by atoms with van der Waals surface area (Å²) in [7, 11) is -3.16. The quantitative estimate of drug-likeness (QED) is 0.699. The van der Waals surface area contributed by atoms with Crippen LogP contribution in [0.25, 0.3) is 0 Å². The highest BCUT2D eigenvalue weighted by molar-refractivity contribution is 7.90. The maximum atomic E-state index is 11.1. The monoisotopic (exact) mass is 200 g/mol. The van der Waals surface area contributed by atoms with E-state index in [0.29, 0.717) is 11.5 Å². The largest absolute Gasteiger partial charge is 0.454 e. The van der Waals surface area contributed by atoms with E-state index in [1.54, 1.807) is 6.07 Å². The van der Waals surface area contributed by atoms with Gasteiger partial charge in [0.25, 0.3) is 0 Å². The van der Waals surface area contributed by atoms with Crippen molar-refractivity contribution in [3.8, 4) is 11.5 Å². The molecule has 0 saturated heterocycles. The van der Waals surface area contributed by atoms with Gasteiger partial charge in [-0.05, 0) is 12.1 Å². The van der Waals surface area contributed by atoms with E-state index >= 15 is 0 Å². The Hall–Kier alpha value is -1.27. The number of ether oxygens (including phenoxy) is 2. The van der Waals surface area contributed by atoms with Crippen molar-refractivity contribution in [3.05, 3.63) is 18.2 Å². The molecule has 0 aliphatic carbocycles. The van der Waals surface area contributed by atoms with Gasteiger partial charge in [0.05, 0.1) is 4.90 Å². The summed E-state index contributed by atoms with van der Waals surface area (Å²) in [6, 6.07) is 4.57. The van der Waals surface area contributed by atoms with Crippen LogP contribution in [0.1, 0.15) is 0 Å². The molecule has 0 fully saturated rings. The lowest BCUT2D eigenvalue weighted by molar-refractivity contribution is 0.174. The predicted octanol–water partition coefficient (Wildman–Crippen LogP) is 0.695.